The highest BCUT2D eigenvalue weighted by molar-refractivity contribution is 7.14. The maximum Gasteiger partial charge on any atom is 0.163 e. The lowest BCUT2D eigenvalue weighted by Gasteiger charge is -2.12. The maximum atomic E-state index is 5.61. The van der Waals surface area contributed by atoms with Gasteiger partial charge in [0.1, 0.15) is 27.1 Å². The molecule has 0 fully saturated rings. The zero-order chi connectivity index (χ0) is 18.1. The SMILES string of the molecule is CNc1nc(-c2cccnc2)nc2c(OC)cc(-c3nnc(C)s3)cc12. The number of methoxy groups -OCH3 is 1. The second-order valence-corrected chi connectivity index (χ2v) is 6.77. The van der Waals surface area contributed by atoms with Crippen LogP contribution in [0.2, 0.25) is 0 Å². The van der Waals surface area contributed by atoms with Gasteiger partial charge in [0.25, 0.3) is 0 Å². The molecule has 3 aromatic heterocycles. The van der Waals surface area contributed by atoms with E-state index in [1.807, 2.05) is 38.2 Å². The number of hydrogen-bond donors (Lipinski definition) is 1. The minimum absolute atomic E-state index is 0.591. The normalized spacial score (nSPS) is 10.9. The fraction of sp³-hybridized carbons (Fsp3) is 0.167. The average molecular weight is 364 g/mol. The fourth-order valence-electron chi connectivity index (χ4n) is 2.71. The highest BCUT2D eigenvalue weighted by atomic mass is 32.1. The van der Waals surface area contributed by atoms with Crippen LogP contribution in [0.1, 0.15) is 5.01 Å². The predicted molar refractivity (Wildman–Crippen MR) is 103 cm³/mol. The molecule has 0 aliphatic carbocycles. The van der Waals surface area contributed by atoms with Crippen molar-refractivity contribution in [1.29, 1.82) is 0 Å². The summed E-state index contributed by atoms with van der Waals surface area (Å²) < 4.78 is 5.61. The zero-order valence-corrected chi connectivity index (χ0v) is 15.3. The number of nitrogens with one attached hydrogen (secondary N) is 1. The van der Waals surface area contributed by atoms with E-state index in [0.29, 0.717) is 11.6 Å². The predicted octanol–water partition coefficient (Wildman–Crippen LogP) is 3.57. The Balaban J connectivity index is 1.98. The highest BCUT2D eigenvalue weighted by Gasteiger charge is 2.16. The summed E-state index contributed by atoms with van der Waals surface area (Å²) in [6, 6.07) is 7.73. The van der Waals surface area contributed by atoms with E-state index in [1.165, 1.54) is 11.3 Å². The largest absolute Gasteiger partial charge is 0.494 e. The highest BCUT2D eigenvalue weighted by Crippen LogP contribution is 2.36. The molecule has 0 spiro atoms. The van der Waals surface area contributed by atoms with Gasteiger partial charge >= 0.3 is 0 Å². The molecule has 4 rings (SSSR count). The topological polar surface area (TPSA) is 85.7 Å². The van der Waals surface area contributed by atoms with Crippen LogP contribution in [0.25, 0.3) is 32.9 Å². The van der Waals surface area contributed by atoms with Gasteiger partial charge in [0, 0.05) is 36.0 Å². The van der Waals surface area contributed by atoms with E-state index in [9.17, 15) is 0 Å². The van der Waals surface area contributed by atoms with E-state index in [-0.39, 0.29) is 0 Å². The van der Waals surface area contributed by atoms with Gasteiger partial charge in [-0.25, -0.2) is 9.97 Å². The van der Waals surface area contributed by atoms with Gasteiger partial charge in [0.2, 0.25) is 0 Å². The lowest BCUT2D eigenvalue weighted by Crippen LogP contribution is -2.01. The Bertz CT molecular complexity index is 1080. The molecule has 1 aromatic carbocycles. The molecule has 0 aliphatic rings. The van der Waals surface area contributed by atoms with Crippen LogP contribution in [0.15, 0.2) is 36.7 Å². The molecule has 3 heterocycles. The molecule has 4 aromatic rings. The Morgan fingerprint density at radius 3 is 2.65 bits per heavy atom. The number of rotatable bonds is 4. The summed E-state index contributed by atoms with van der Waals surface area (Å²) in [6.07, 6.45) is 3.46. The number of anilines is 1. The Kier molecular flexibility index (Phi) is 4.18. The van der Waals surface area contributed by atoms with Crippen molar-refractivity contribution in [3.63, 3.8) is 0 Å². The van der Waals surface area contributed by atoms with E-state index in [4.69, 9.17) is 9.72 Å². The van der Waals surface area contributed by atoms with Crippen LogP contribution in [-0.4, -0.2) is 39.3 Å². The molecule has 130 valence electrons. The van der Waals surface area contributed by atoms with Crippen molar-refractivity contribution in [2.75, 3.05) is 19.5 Å². The standard InChI is InChI=1S/C18H16N6OS/c1-10-23-24-18(26-10)12-7-13-15(14(8-12)25-3)21-16(22-17(13)19-2)11-5-4-6-20-9-11/h4-9H,1-3H3,(H,19,21,22). The van der Waals surface area contributed by atoms with Crippen molar-refractivity contribution in [2.24, 2.45) is 0 Å². The number of aryl methyl sites for hydroxylation is 1. The molecular formula is C18H16N6OS. The van der Waals surface area contributed by atoms with Crippen molar-refractivity contribution < 1.29 is 4.74 Å². The van der Waals surface area contributed by atoms with E-state index in [0.717, 1.165) is 37.9 Å². The Morgan fingerprint density at radius 1 is 1.12 bits per heavy atom. The summed E-state index contributed by atoms with van der Waals surface area (Å²) in [7, 11) is 3.47. The summed E-state index contributed by atoms with van der Waals surface area (Å²) in [5, 5.41) is 14.1. The van der Waals surface area contributed by atoms with Gasteiger partial charge in [-0.2, -0.15) is 0 Å². The van der Waals surface area contributed by atoms with Gasteiger partial charge in [0.05, 0.1) is 7.11 Å². The molecule has 1 N–H and O–H groups in total. The smallest absolute Gasteiger partial charge is 0.163 e. The number of hydrogen-bond acceptors (Lipinski definition) is 8. The number of nitrogens with zero attached hydrogens (tertiary/aromatic N) is 5. The number of fused-ring (bicyclic) bond motifs is 1. The summed E-state index contributed by atoms with van der Waals surface area (Å²) in [5.41, 5.74) is 2.50. The van der Waals surface area contributed by atoms with E-state index >= 15 is 0 Å². The maximum absolute atomic E-state index is 5.61. The Morgan fingerprint density at radius 2 is 2.00 bits per heavy atom. The Labute approximate surface area is 154 Å². The molecule has 0 amide bonds. The van der Waals surface area contributed by atoms with Crippen molar-refractivity contribution in [3.8, 4) is 27.7 Å². The van der Waals surface area contributed by atoms with Crippen LogP contribution in [0.3, 0.4) is 0 Å². The van der Waals surface area contributed by atoms with E-state index < -0.39 is 0 Å². The van der Waals surface area contributed by atoms with E-state index in [1.54, 1.807) is 19.5 Å². The van der Waals surface area contributed by atoms with Crippen LogP contribution < -0.4 is 10.1 Å². The monoisotopic (exact) mass is 364 g/mol. The number of ether oxygens (including phenoxy) is 1. The lowest BCUT2D eigenvalue weighted by atomic mass is 10.1. The third-order valence-electron chi connectivity index (χ3n) is 3.91. The summed E-state index contributed by atoms with van der Waals surface area (Å²) in [5.74, 6) is 1.97. The average Bonchev–Trinajstić information content (AvgIpc) is 3.13. The van der Waals surface area contributed by atoms with Gasteiger partial charge in [-0.05, 0) is 31.2 Å². The van der Waals surface area contributed by atoms with Crippen LogP contribution >= 0.6 is 11.3 Å². The fourth-order valence-corrected chi connectivity index (χ4v) is 3.39. The quantitative estimate of drug-likeness (QED) is 0.592. The molecule has 0 unspecified atom stereocenters. The first-order valence-corrected chi connectivity index (χ1v) is 8.79. The number of aromatic nitrogens is 5. The molecule has 0 aliphatic heterocycles. The second-order valence-electron chi connectivity index (χ2n) is 5.59. The third kappa shape index (κ3) is 2.84. The van der Waals surface area contributed by atoms with Gasteiger partial charge in [0.15, 0.2) is 5.82 Å². The van der Waals surface area contributed by atoms with Gasteiger partial charge in [-0.15, -0.1) is 10.2 Å². The minimum atomic E-state index is 0.591. The molecule has 8 heteroatoms. The number of pyridine rings is 1. The van der Waals surface area contributed by atoms with Crippen LogP contribution in [0.4, 0.5) is 5.82 Å². The molecule has 26 heavy (non-hydrogen) atoms. The van der Waals surface area contributed by atoms with Gasteiger partial charge in [-0.3, -0.25) is 4.98 Å². The molecule has 0 saturated carbocycles. The first-order chi connectivity index (χ1) is 12.7. The van der Waals surface area contributed by atoms with Crippen molar-refractivity contribution in [2.45, 2.75) is 6.92 Å². The second kappa shape index (κ2) is 6.64. The molecule has 7 nitrogen and oxygen atoms in total. The first kappa shape index (κ1) is 16.3. The van der Waals surface area contributed by atoms with Gasteiger partial charge in [-0.1, -0.05) is 11.3 Å². The van der Waals surface area contributed by atoms with Gasteiger partial charge < -0.3 is 10.1 Å². The lowest BCUT2D eigenvalue weighted by molar-refractivity contribution is 0.419. The number of benzene rings is 1. The molecular weight excluding hydrogens is 348 g/mol. The van der Waals surface area contributed by atoms with Crippen LogP contribution in [0.5, 0.6) is 5.75 Å². The van der Waals surface area contributed by atoms with Crippen molar-refractivity contribution in [1.82, 2.24) is 25.1 Å². The minimum Gasteiger partial charge on any atom is -0.494 e. The molecule has 0 saturated heterocycles. The first-order valence-electron chi connectivity index (χ1n) is 7.98. The van der Waals surface area contributed by atoms with E-state index in [2.05, 4.69) is 25.5 Å². The zero-order valence-electron chi connectivity index (χ0n) is 14.5. The summed E-state index contributed by atoms with van der Waals surface area (Å²) in [4.78, 5) is 13.5. The summed E-state index contributed by atoms with van der Waals surface area (Å²) >= 11 is 1.53. The molecule has 0 bridgehead atoms. The van der Waals surface area contributed by atoms with Crippen molar-refractivity contribution >= 4 is 28.1 Å². The van der Waals surface area contributed by atoms with Crippen LogP contribution in [-0.2, 0) is 0 Å². The molecule has 0 radical (unpaired) electrons. The Hall–Kier alpha value is -3.13. The van der Waals surface area contributed by atoms with Crippen molar-refractivity contribution in [3.05, 3.63) is 41.7 Å². The molecule has 0 atom stereocenters. The third-order valence-corrected chi connectivity index (χ3v) is 4.80. The van der Waals surface area contributed by atoms with Crippen LogP contribution in [0, 0.1) is 6.92 Å². The summed E-state index contributed by atoms with van der Waals surface area (Å²) in [6.45, 7) is 1.93.